The zero-order valence-corrected chi connectivity index (χ0v) is 21.0. The number of hydrogen-bond donors (Lipinski definition) is 1. The van der Waals surface area contributed by atoms with E-state index in [1.54, 1.807) is 38.3 Å². The quantitative estimate of drug-likeness (QED) is 0.360. The summed E-state index contributed by atoms with van der Waals surface area (Å²) < 4.78 is 23.4. The molecule has 9 nitrogen and oxygen atoms in total. The smallest absolute Gasteiger partial charge is 0.282 e. The van der Waals surface area contributed by atoms with Crippen molar-refractivity contribution in [3.8, 4) is 23.0 Å². The Morgan fingerprint density at radius 1 is 1.11 bits per heavy atom. The highest BCUT2D eigenvalue weighted by Crippen LogP contribution is 2.38. The Hall–Kier alpha value is -3.79. The molecular formula is C25H24BrN3O6. The number of allylic oxidation sites excluding steroid dienone is 1. The number of amides is 1. The van der Waals surface area contributed by atoms with E-state index in [0.717, 1.165) is 0 Å². The van der Waals surface area contributed by atoms with E-state index in [-0.39, 0.29) is 18.0 Å². The SMILES string of the molecule is CCOc1cc(/C=C2\C(=N)N3OC(C)=CC3=NC2=O)cc(Br)c1OCCOc1ccccc1OC. The largest absolute Gasteiger partial charge is 0.493 e. The number of nitrogens with one attached hydrogen (secondary N) is 1. The molecule has 0 spiro atoms. The number of fused-ring (bicyclic) bond motifs is 1. The number of carbonyl (C=O) groups is 1. The molecule has 2 aromatic rings. The summed E-state index contributed by atoms with van der Waals surface area (Å²) in [4.78, 5) is 22.0. The Bertz CT molecular complexity index is 1250. The molecule has 0 unspecified atom stereocenters. The number of halogens is 1. The predicted octanol–water partition coefficient (Wildman–Crippen LogP) is 4.76. The minimum Gasteiger partial charge on any atom is -0.493 e. The van der Waals surface area contributed by atoms with Gasteiger partial charge in [-0.25, -0.2) is 0 Å². The van der Waals surface area contributed by atoms with Gasteiger partial charge in [-0.15, -0.1) is 5.06 Å². The van der Waals surface area contributed by atoms with Crippen molar-refractivity contribution in [1.29, 1.82) is 5.41 Å². The van der Waals surface area contributed by atoms with E-state index in [1.807, 2.05) is 31.2 Å². The fourth-order valence-corrected chi connectivity index (χ4v) is 4.05. The Labute approximate surface area is 211 Å². The van der Waals surface area contributed by atoms with Crippen LogP contribution in [-0.4, -0.2) is 49.6 Å². The number of methoxy groups -OCH3 is 1. The second-order valence-corrected chi connectivity index (χ2v) is 8.29. The molecule has 4 rings (SSSR count). The molecule has 2 aliphatic rings. The maximum absolute atomic E-state index is 12.6. The fourth-order valence-electron chi connectivity index (χ4n) is 3.47. The maximum Gasteiger partial charge on any atom is 0.282 e. The van der Waals surface area contributed by atoms with E-state index in [4.69, 9.17) is 29.2 Å². The normalized spacial score (nSPS) is 15.9. The molecule has 2 heterocycles. The van der Waals surface area contributed by atoms with Crippen molar-refractivity contribution < 1.29 is 28.6 Å². The molecule has 0 bridgehead atoms. The first-order chi connectivity index (χ1) is 16.9. The first-order valence-electron chi connectivity index (χ1n) is 10.9. The number of hydrogen-bond acceptors (Lipinski definition) is 7. The molecule has 0 saturated carbocycles. The van der Waals surface area contributed by atoms with E-state index in [2.05, 4.69) is 20.9 Å². The number of aliphatic imine (C=N–C) groups is 1. The average molecular weight is 542 g/mol. The lowest BCUT2D eigenvalue weighted by molar-refractivity contribution is -0.114. The van der Waals surface area contributed by atoms with E-state index in [0.29, 0.717) is 57.8 Å². The van der Waals surface area contributed by atoms with Crippen molar-refractivity contribution in [2.45, 2.75) is 13.8 Å². The third kappa shape index (κ3) is 5.32. The summed E-state index contributed by atoms with van der Waals surface area (Å²) in [6, 6.07) is 10.9. The van der Waals surface area contributed by atoms with Crippen molar-refractivity contribution in [2.24, 2.45) is 4.99 Å². The van der Waals surface area contributed by atoms with Crippen LogP contribution in [-0.2, 0) is 9.63 Å². The van der Waals surface area contributed by atoms with Gasteiger partial charge in [0, 0.05) is 6.08 Å². The Balaban J connectivity index is 1.50. The number of benzene rings is 2. The molecule has 0 saturated heterocycles. The second kappa shape index (κ2) is 10.6. The number of amidine groups is 2. The van der Waals surface area contributed by atoms with Gasteiger partial charge in [0.15, 0.2) is 34.7 Å². The minimum atomic E-state index is -0.515. The van der Waals surface area contributed by atoms with Crippen molar-refractivity contribution in [1.82, 2.24) is 5.06 Å². The van der Waals surface area contributed by atoms with Crippen molar-refractivity contribution in [2.75, 3.05) is 26.9 Å². The first-order valence-corrected chi connectivity index (χ1v) is 11.7. The van der Waals surface area contributed by atoms with Crippen LogP contribution in [0.4, 0.5) is 0 Å². The van der Waals surface area contributed by atoms with Crippen LogP contribution >= 0.6 is 15.9 Å². The van der Waals surface area contributed by atoms with Crippen molar-refractivity contribution in [3.05, 3.63) is 63.8 Å². The summed E-state index contributed by atoms with van der Waals surface area (Å²) in [7, 11) is 1.59. The molecular weight excluding hydrogens is 518 g/mol. The molecule has 0 atom stereocenters. The molecule has 0 aromatic heterocycles. The second-order valence-electron chi connectivity index (χ2n) is 7.43. The van der Waals surface area contributed by atoms with Gasteiger partial charge in [-0.2, -0.15) is 4.99 Å². The molecule has 1 N–H and O–H groups in total. The molecule has 0 fully saturated rings. The van der Waals surface area contributed by atoms with Gasteiger partial charge in [-0.3, -0.25) is 10.2 Å². The number of para-hydroxylation sites is 2. The fraction of sp³-hybridized carbons (Fsp3) is 0.240. The summed E-state index contributed by atoms with van der Waals surface area (Å²) in [6.45, 7) is 4.56. The zero-order chi connectivity index (χ0) is 24.9. The summed E-state index contributed by atoms with van der Waals surface area (Å²) in [5.41, 5.74) is 0.735. The van der Waals surface area contributed by atoms with Crippen LogP contribution in [0.2, 0.25) is 0 Å². The number of ether oxygens (including phenoxy) is 4. The maximum atomic E-state index is 12.6. The summed E-state index contributed by atoms with van der Waals surface area (Å²) in [5, 5.41) is 9.62. The van der Waals surface area contributed by atoms with Gasteiger partial charge >= 0.3 is 0 Å². The predicted molar refractivity (Wildman–Crippen MR) is 134 cm³/mol. The van der Waals surface area contributed by atoms with Gasteiger partial charge < -0.3 is 23.8 Å². The summed E-state index contributed by atoms with van der Waals surface area (Å²) in [6.07, 6.45) is 3.18. The van der Waals surface area contributed by atoms with Crippen molar-refractivity contribution >= 4 is 39.6 Å². The van der Waals surface area contributed by atoms with E-state index >= 15 is 0 Å². The standard InChI is InChI=1S/C25H24BrN3O6/c1-4-32-21-14-16(12-17-24(27)29-22(28-25(17)30)11-15(2)35-29)13-18(26)23(21)34-10-9-33-20-8-6-5-7-19(20)31-3/h5-8,11-14,27H,4,9-10H2,1-3H3/b17-12+,27-24?. The summed E-state index contributed by atoms with van der Waals surface area (Å²) >= 11 is 3.53. The zero-order valence-electron chi connectivity index (χ0n) is 19.5. The lowest BCUT2D eigenvalue weighted by Gasteiger charge is -2.23. The van der Waals surface area contributed by atoms with E-state index in [1.165, 1.54) is 5.06 Å². The number of rotatable bonds is 9. The van der Waals surface area contributed by atoms with Gasteiger partial charge in [0.2, 0.25) is 0 Å². The first kappa shape index (κ1) is 24.3. The molecule has 10 heteroatoms. The Kier molecular flexibility index (Phi) is 7.40. The molecule has 2 aliphatic heterocycles. The molecule has 0 radical (unpaired) electrons. The van der Waals surface area contributed by atoms with Gasteiger partial charge in [-0.05, 0) is 65.7 Å². The number of nitrogens with zero attached hydrogens (tertiary/aromatic N) is 2. The molecule has 1 amide bonds. The molecule has 182 valence electrons. The average Bonchev–Trinajstić information content (AvgIpc) is 3.21. The van der Waals surface area contributed by atoms with Gasteiger partial charge in [0.25, 0.3) is 5.91 Å². The monoisotopic (exact) mass is 541 g/mol. The lowest BCUT2D eigenvalue weighted by Crippen LogP contribution is -2.38. The lowest BCUT2D eigenvalue weighted by atomic mass is 10.1. The van der Waals surface area contributed by atoms with Gasteiger partial charge in [0.1, 0.15) is 19.0 Å². The van der Waals surface area contributed by atoms with E-state index < -0.39 is 5.91 Å². The van der Waals surface area contributed by atoms with Crippen LogP contribution in [0.1, 0.15) is 19.4 Å². The van der Waals surface area contributed by atoms with Crippen LogP contribution in [0.25, 0.3) is 6.08 Å². The number of hydroxylamine groups is 2. The van der Waals surface area contributed by atoms with Crippen molar-refractivity contribution in [3.63, 3.8) is 0 Å². The van der Waals surface area contributed by atoms with Crippen LogP contribution in [0.5, 0.6) is 23.0 Å². The minimum absolute atomic E-state index is 0.0870. The molecule has 2 aromatic carbocycles. The summed E-state index contributed by atoms with van der Waals surface area (Å²) in [5.74, 6) is 2.51. The topological polar surface area (TPSA) is 103 Å². The van der Waals surface area contributed by atoms with Crippen LogP contribution in [0.15, 0.2) is 63.3 Å². The highest BCUT2D eigenvalue weighted by Gasteiger charge is 2.34. The van der Waals surface area contributed by atoms with Gasteiger partial charge in [0.05, 0.1) is 23.8 Å². The van der Waals surface area contributed by atoms with Crippen LogP contribution < -0.4 is 18.9 Å². The Morgan fingerprint density at radius 3 is 2.60 bits per heavy atom. The third-order valence-electron chi connectivity index (χ3n) is 4.98. The molecule has 0 aliphatic carbocycles. The van der Waals surface area contributed by atoms with Gasteiger partial charge in [-0.1, -0.05) is 12.1 Å². The molecule has 35 heavy (non-hydrogen) atoms. The highest BCUT2D eigenvalue weighted by molar-refractivity contribution is 9.10. The Morgan fingerprint density at radius 2 is 1.86 bits per heavy atom. The van der Waals surface area contributed by atoms with Crippen LogP contribution in [0.3, 0.4) is 0 Å². The van der Waals surface area contributed by atoms with Crippen LogP contribution in [0, 0.1) is 5.41 Å². The third-order valence-corrected chi connectivity index (χ3v) is 5.57. The van der Waals surface area contributed by atoms with E-state index in [9.17, 15) is 4.79 Å². The number of carbonyl (C=O) groups excluding carboxylic acids is 1. The highest BCUT2D eigenvalue weighted by atomic mass is 79.9.